The van der Waals surface area contributed by atoms with E-state index < -0.39 is 12.0 Å². The third-order valence-corrected chi connectivity index (χ3v) is 6.42. The zero-order valence-electron chi connectivity index (χ0n) is 14.1. The minimum atomic E-state index is -0.700. The highest BCUT2D eigenvalue weighted by Gasteiger charge is 2.35. The summed E-state index contributed by atoms with van der Waals surface area (Å²) in [7, 11) is 0. The fourth-order valence-corrected chi connectivity index (χ4v) is 4.87. The minimum Gasteiger partial charge on any atom is -0.480 e. The number of carbonyl (C=O) groups is 1. The number of hydrogen-bond donors (Lipinski definition) is 1. The van der Waals surface area contributed by atoms with Crippen molar-refractivity contribution in [2.45, 2.75) is 43.2 Å². The van der Waals surface area contributed by atoms with E-state index in [1.807, 2.05) is 0 Å². The van der Waals surface area contributed by atoms with Crippen LogP contribution >= 0.6 is 23.1 Å². The number of hydrogen-bond acceptors (Lipinski definition) is 4. The third-order valence-electron chi connectivity index (χ3n) is 4.62. The first-order valence-electron chi connectivity index (χ1n) is 8.29. The molecular weight excluding hydrogens is 338 g/mol. The molecule has 3 rings (SSSR count). The SMILES string of the molecule is CSc1ccc(C(c2ccc(C)s2)N2CCCCC2C(=O)O)cc1. The van der Waals surface area contributed by atoms with Gasteiger partial charge in [0, 0.05) is 14.6 Å². The molecule has 1 N–H and O–H groups in total. The fraction of sp³-hybridized carbons (Fsp3) is 0.421. The van der Waals surface area contributed by atoms with Gasteiger partial charge >= 0.3 is 5.97 Å². The summed E-state index contributed by atoms with van der Waals surface area (Å²) in [5.74, 6) is -0.700. The molecule has 0 spiro atoms. The number of rotatable bonds is 5. The van der Waals surface area contributed by atoms with Gasteiger partial charge in [-0.1, -0.05) is 18.6 Å². The van der Waals surface area contributed by atoms with Gasteiger partial charge in [0.05, 0.1) is 6.04 Å². The van der Waals surface area contributed by atoms with E-state index in [-0.39, 0.29) is 6.04 Å². The van der Waals surface area contributed by atoms with Crippen molar-refractivity contribution in [3.05, 3.63) is 51.7 Å². The van der Waals surface area contributed by atoms with E-state index in [1.165, 1.54) is 20.2 Å². The molecule has 2 aromatic rings. The molecule has 5 heteroatoms. The van der Waals surface area contributed by atoms with E-state index in [1.54, 1.807) is 23.1 Å². The molecule has 1 fully saturated rings. The molecule has 3 nitrogen and oxygen atoms in total. The third kappa shape index (κ3) is 3.68. The van der Waals surface area contributed by atoms with E-state index in [0.29, 0.717) is 0 Å². The number of nitrogens with zero attached hydrogens (tertiary/aromatic N) is 1. The van der Waals surface area contributed by atoms with Crippen molar-refractivity contribution in [2.75, 3.05) is 12.8 Å². The molecule has 1 aliphatic heterocycles. The highest BCUT2D eigenvalue weighted by molar-refractivity contribution is 7.98. The summed E-state index contributed by atoms with van der Waals surface area (Å²) in [5, 5.41) is 9.70. The van der Waals surface area contributed by atoms with E-state index in [4.69, 9.17) is 0 Å². The average Bonchev–Trinajstić information content (AvgIpc) is 3.02. The van der Waals surface area contributed by atoms with E-state index >= 15 is 0 Å². The van der Waals surface area contributed by atoms with Gasteiger partial charge < -0.3 is 5.11 Å². The van der Waals surface area contributed by atoms with Crippen molar-refractivity contribution in [2.24, 2.45) is 0 Å². The molecule has 0 amide bonds. The van der Waals surface area contributed by atoms with Crippen LogP contribution in [0.5, 0.6) is 0 Å². The van der Waals surface area contributed by atoms with Gasteiger partial charge in [0.25, 0.3) is 0 Å². The largest absolute Gasteiger partial charge is 0.480 e. The molecule has 0 radical (unpaired) electrons. The van der Waals surface area contributed by atoms with Crippen LogP contribution in [0.4, 0.5) is 0 Å². The van der Waals surface area contributed by atoms with E-state index in [0.717, 1.165) is 25.8 Å². The Balaban J connectivity index is 2.02. The first kappa shape index (κ1) is 17.5. The van der Waals surface area contributed by atoms with Crippen LogP contribution in [-0.4, -0.2) is 34.8 Å². The zero-order chi connectivity index (χ0) is 17.1. The van der Waals surface area contributed by atoms with Gasteiger partial charge in [0.15, 0.2) is 0 Å². The molecule has 1 aliphatic rings. The van der Waals surface area contributed by atoms with Crippen LogP contribution in [0.1, 0.15) is 40.6 Å². The number of likely N-dealkylation sites (tertiary alicyclic amines) is 1. The first-order chi connectivity index (χ1) is 11.6. The van der Waals surface area contributed by atoms with Gasteiger partial charge in [-0.15, -0.1) is 23.1 Å². The van der Waals surface area contributed by atoms with Gasteiger partial charge in [-0.25, -0.2) is 0 Å². The Morgan fingerprint density at radius 2 is 2.00 bits per heavy atom. The molecular formula is C19H23NO2S2. The number of thioether (sulfide) groups is 1. The second-order valence-electron chi connectivity index (χ2n) is 6.21. The van der Waals surface area contributed by atoms with Gasteiger partial charge in [0.2, 0.25) is 0 Å². The number of carboxylic acids is 1. The van der Waals surface area contributed by atoms with Crippen LogP contribution in [-0.2, 0) is 4.79 Å². The molecule has 0 aliphatic carbocycles. The highest BCUT2D eigenvalue weighted by Crippen LogP contribution is 2.37. The maximum atomic E-state index is 11.8. The molecule has 2 atom stereocenters. The maximum absolute atomic E-state index is 11.8. The van der Waals surface area contributed by atoms with Crippen LogP contribution in [0.3, 0.4) is 0 Å². The van der Waals surface area contributed by atoms with E-state index in [2.05, 4.69) is 54.5 Å². The first-order valence-corrected chi connectivity index (χ1v) is 10.3. The number of benzene rings is 1. The van der Waals surface area contributed by atoms with Crippen LogP contribution in [0.2, 0.25) is 0 Å². The van der Waals surface area contributed by atoms with Crippen molar-refractivity contribution < 1.29 is 9.90 Å². The van der Waals surface area contributed by atoms with Crippen molar-refractivity contribution in [1.82, 2.24) is 4.90 Å². The summed E-state index contributed by atoms with van der Waals surface area (Å²) in [5.41, 5.74) is 1.18. The van der Waals surface area contributed by atoms with E-state index in [9.17, 15) is 9.90 Å². The van der Waals surface area contributed by atoms with Crippen LogP contribution < -0.4 is 0 Å². The number of aliphatic carboxylic acids is 1. The Kier molecular flexibility index (Phi) is 5.64. The fourth-order valence-electron chi connectivity index (χ4n) is 3.43. The summed E-state index contributed by atoms with van der Waals surface area (Å²) >= 11 is 3.49. The van der Waals surface area contributed by atoms with Crippen LogP contribution in [0, 0.1) is 6.92 Å². The van der Waals surface area contributed by atoms with Crippen molar-refractivity contribution in [3.8, 4) is 0 Å². The summed E-state index contributed by atoms with van der Waals surface area (Å²) in [6.45, 7) is 2.94. The average molecular weight is 362 g/mol. The van der Waals surface area contributed by atoms with Crippen molar-refractivity contribution >= 4 is 29.1 Å². The monoisotopic (exact) mass is 361 g/mol. The predicted molar refractivity (Wildman–Crippen MR) is 101 cm³/mol. The zero-order valence-corrected chi connectivity index (χ0v) is 15.7. The van der Waals surface area contributed by atoms with Crippen LogP contribution in [0.15, 0.2) is 41.3 Å². The lowest BCUT2D eigenvalue weighted by atomic mass is 9.95. The minimum absolute atomic E-state index is 0.0287. The molecule has 1 aromatic carbocycles. The van der Waals surface area contributed by atoms with Crippen molar-refractivity contribution in [1.29, 1.82) is 0 Å². The number of aryl methyl sites for hydroxylation is 1. The maximum Gasteiger partial charge on any atom is 0.320 e. The molecule has 1 saturated heterocycles. The Labute approximate surface area is 151 Å². The lowest BCUT2D eigenvalue weighted by Gasteiger charge is -2.39. The Bertz CT molecular complexity index is 696. The second-order valence-corrected chi connectivity index (χ2v) is 8.41. The lowest BCUT2D eigenvalue weighted by Crippen LogP contribution is -2.46. The molecule has 0 bridgehead atoms. The van der Waals surface area contributed by atoms with Crippen molar-refractivity contribution in [3.63, 3.8) is 0 Å². The topological polar surface area (TPSA) is 40.5 Å². The second kappa shape index (κ2) is 7.72. The summed E-state index contributed by atoms with van der Waals surface area (Å²) in [4.78, 5) is 17.7. The number of piperidine rings is 1. The van der Waals surface area contributed by atoms with Gasteiger partial charge in [-0.2, -0.15) is 0 Å². The standard InChI is InChI=1S/C19H23NO2S2/c1-13-6-11-17(24-13)18(14-7-9-15(23-2)10-8-14)20-12-4-3-5-16(20)19(21)22/h6-11,16,18H,3-5,12H2,1-2H3,(H,21,22). The van der Waals surface area contributed by atoms with Gasteiger partial charge in [0.1, 0.15) is 6.04 Å². The summed E-state index contributed by atoms with van der Waals surface area (Å²) in [6.07, 6.45) is 4.86. The molecule has 2 unspecified atom stereocenters. The highest BCUT2D eigenvalue weighted by atomic mass is 32.2. The van der Waals surface area contributed by atoms with Gasteiger partial charge in [-0.3, -0.25) is 9.69 Å². The number of thiophene rings is 1. The predicted octanol–water partition coefficient (Wildman–Crippen LogP) is 4.81. The lowest BCUT2D eigenvalue weighted by molar-refractivity contribution is -0.145. The molecule has 2 heterocycles. The quantitative estimate of drug-likeness (QED) is 0.776. The molecule has 1 aromatic heterocycles. The summed E-state index contributed by atoms with van der Waals surface area (Å²) < 4.78 is 0. The van der Waals surface area contributed by atoms with Gasteiger partial charge in [-0.05, 0) is 62.4 Å². The number of carboxylic acid groups (broad SMARTS) is 1. The summed E-state index contributed by atoms with van der Waals surface area (Å²) in [6, 6.07) is 12.5. The smallest absolute Gasteiger partial charge is 0.320 e. The Morgan fingerprint density at radius 3 is 2.58 bits per heavy atom. The Hall–Kier alpha value is -1.30. The molecule has 128 valence electrons. The molecule has 0 saturated carbocycles. The van der Waals surface area contributed by atoms with Crippen LogP contribution in [0.25, 0.3) is 0 Å². The normalized spacial score (nSPS) is 20.0. The molecule has 24 heavy (non-hydrogen) atoms. The Morgan fingerprint density at radius 1 is 1.25 bits per heavy atom.